The third-order valence-corrected chi connectivity index (χ3v) is 3.24. The van der Waals surface area contributed by atoms with Crippen LogP contribution in [0.5, 0.6) is 0 Å². The average molecular weight is 313 g/mol. The van der Waals surface area contributed by atoms with Crippen molar-refractivity contribution in [2.75, 3.05) is 18.5 Å². The number of anilines is 1. The van der Waals surface area contributed by atoms with Gasteiger partial charge in [0.05, 0.1) is 12.4 Å². The van der Waals surface area contributed by atoms with Gasteiger partial charge in [0.15, 0.2) is 0 Å². The zero-order valence-corrected chi connectivity index (χ0v) is 14.1. The zero-order chi connectivity index (χ0) is 16.9. The molecular formula is C17H23N5O. The lowest BCUT2D eigenvalue weighted by Crippen LogP contribution is -2.41. The van der Waals surface area contributed by atoms with E-state index in [1.165, 1.54) is 11.8 Å². The van der Waals surface area contributed by atoms with Gasteiger partial charge in [0, 0.05) is 31.5 Å². The third kappa shape index (κ3) is 5.32. The first kappa shape index (κ1) is 16.9. The first-order valence-electron chi connectivity index (χ1n) is 7.60. The Labute approximate surface area is 137 Å². The van der Waals surface area contributed by atoms with Crippen molar-refractivity contribution in [1.29, 1.82) is 0 Å². The molecule has 2 aromatic heterocycles. The summed E-state index contributed by atoms with van der Waals surface area (Å²) < 4.78 is 0. The highest BCUT2D eigenvalue weighted by molar-refractivity contribution is 5.92. The van der Waals surface area contributed by atoms with E-state index < -0.39 is 0 Å². The summed E-state index contributed by atoms with van der Waals surface area (Å²) in [7, 11) is 1.96. The Bertz CT molecular complexity index is 634. The highest BCUT2D eigenvalue weighted by atomic mass is 16.2. The lowest BCUT2D eigenvalue weighted by atomic mass is 10.1. The molecule has 2 rings (SSSR count). The third-order valence-electron chi connectivity index (χ3n) is 3.24. The summed E-state index contributed by atoms with van der Waals surface area (Å²) in [5, 5.41) is 2.87. The van der Waals surface area contributed by atoms with E-state index in [0.29, 0.717) is 5.69 Å². The molecule has 1 N–H and O–H groups in total. The van der Waals surface area contributed by atoms with Gasteiger partial charge in [-0.05, 0) is 44.9 Å². The Kier molecular flexibility index (Phi) is 5.26. The van der Waals surface area contributed by atoms with E-state index in [-0.39, 0.29) is 11.4 Å². The van der Waals surface area contributed by atoms with Gasteiger partial charge >= 0.3 is 0 Å². The van der Waals surface area contributed by atoms with E-state index in [1.807, 2.05) is 44.9 Å². The number of amides is 1. The van der Waals surface area contributed by atoms with Crippen molar-refractivity contribution in [1.82, 2.24) is 20.3 Å². The number of pyridine rings is 1. The molecule has 0 radical (unpaired) electrons. The maximum Gasteiger partial charge on any atom is 0.271 e. The molecular weight excluding hydrogens is 290 g/mol. The summed E-state index contributed by atoms with van der Waals surface area (Å²) in [6.45, 7) is 6.60. The second kappa shape index (κ2) is 7.17. The van der Waals surface area contributed by atoms with Gasteiger partial charge in [-0.2, -0.15) is 0 Å². The molecule has 0 aliphatic rings. The number of carbonyl (C=O) groups excluding carboxylic acids is 1. The Morgan fingerprint density at radius 1 is 1.17 bits per heavy atom. The largest absolute Gasteiger partial charge is 0.358 e. The molecule has 23 heavy (non-hydrogen) atoms. The van der Waals surface area contributed by atoms with E-state index in [4.69, 9.17) is 0 Å². The summed E-state index contributed by atoms with van der Waals surface area (Å²) in [5.74, 6) is 0.530. The molecule has 0 aliphatic carbocycles. The summed E-state index contributed by atoms with van der Waals surface area (Å²) in [4.78, 5) is 26.6. The van der Waals surface area contributed by atoms with Crippen LogP contribution in [0.4, 0.5) is 5.82 Å². The molecule has 0 atom stereocenters. The summed E-state index contributed by atoms with van der Waals surface area (Å²) in [6.07, 6.45) is 7.62. The number of hydrogen-bond donors (Lipinski definition) is 1. The summed E-state index contributed by atoms with van der Waals surface area (Å²) in [6, 6.07) is 4.00. The predicted octanol–water partition coefficient (Wildman–Crippen LogP) is 2.08. The molecule has 6 heteroatoms. The van der Waals surface area contributed by atoms with Gasteiger partial charge in [-0.3, -0.25) is 9.78 Å². The lowest BCUT2D eigenvalue weighted by molar-refractivity contribution is 0.0914. The first-order valence-corrected chi connectivity index (χ1v) is 7.60. The molecule has 6 nitrogen and oxygen atoms in total. The maximum atomic E-state index is 12.0. The van der Waals surface area contributed by atoms with Gasteiger partial charge in [0.25, 0.3) is 5.91 Å². The van der Waals surface area contributed by atoms with Crippen LogP contribution in [-0.2, 0) is 6.42 Å². The Morgan fingerprint density at radius 3 is 2.43 bits per heavy atom. The molecule has 0 aliphatic heterocycles. The Morgan fingerprint density at radius 2 is 1.87 bits per heavy atom. The summed E-state index contributed by atoms with van der Waals surface area (Å²) in [5.41, 5.74) is 1.26. The fourth-order valence-corrected chi connectivity index (χ4v) is 2.00. The van der Waals surface area contributed by atoms with Crippen molar-refractivity contribution in [2.24, 2.45) is 0 Å². The van der Waals surface area contributed by atoms with Gasteiger partial charge in [0.2, 0.25) is 0 Å². The highest BCUT2D eigenvalue weighted by Crippen LogP contribution is 2.09. The Balaban J connectivity index is 1.94. The molecule has 0 aromatic carbocycles. The fourth-order valence-electron chi connectivity index (χ4n) is 2.00. The highest BCUT2D eigenvalue weighted by Gasteiger charge is 2.16. The van der Waals surface area contributed by atoms with Gasteiger partial charge in [-0.15, -0.1) is 0 Å². The van der Waals surface area contributed by atoms with Gasteiger partial charge in [-0.25, -0.2) is 9.97 Å². The smallest absolute Gasteiger partial charge is 0.271 e. The lowest BCUT2D eigenvalue weighted by Gasteiger charge is -2.20. The molecule has 0 spiro atoms. The van der Waals surface area contributed by atoms with Gasteiger partial charge < -0.3 is 10.2 Å². The van der Waals surface area contributed by atoms with Crippen molar-refractivity contribution < 1.29 is 4.79 Å². The van der Waals surface area contributed by atoms with E-state index >= 15 is 0 Å². The molecule has 1 amide bonds. The minimum absolute atomic E-state index is 0.212. The molecule has 0 saturated carbocycles. The number of nitrogens with zero attached hydrogens (tertiary/aromatic N) is 4. The van der Waals surface area contributed by atoms with E-state index in [2.05, 4.69) is 20.3 Å². The average Bonchev–Trinajstić information content (AvgIpc) is 2.52. The van der Waals surface area contributed by atoms with E-state index in [9.17, 15) is 4.79 Å². The van der Waals surface area contributed by atoms with Crippen LogP contribution < -0.4 is 10.2 Å². The van der Waals surface area contributed by atoms with Crippen LogP contribution in [0.15, 0.2) is 36.9 Å². The second-order valence-electron chi connectivity index (χ2n) is 6.49. The maximum absolute atomic E-state index is 12.0. The molecule has 0 saturated heterocycles. The normalized spacial score (nSPS) is 11.1. The van der Waals surface area contributed by atoms with Crippen LogP contribution in [0.25, 0.3) is 0 Å². The minimum atomic E-state index is -0.293. The molecule has 0 unspecified atom stereocenters. The van der Waals surface area contributed by atoms with Gasteiger partial charge in [-0.1, -0.05) is 0 Å². The van der Waals surface area contributed by atoms with Crippen LogP contribution in [0, 0.1) is 0 Å². The van der Waals surface area contributed by atoms with Crippen LogP contribution in [-0.4, -0.2) is 40.0 Å². The van der Waals surface area contributed by atoms with Crippen LogP contribution in [0.1, 0.15) is 36.8 Å². The van der Waals surface area contributed by atoms with Crippen molar-refractivity contribution >= 4 is 11.7 Å². The van der Waals surface area contributed by atoms with Gasteiger partial charge in [0.1, 0.15) is 11.5 Å². The molecule has 0 bridgehead atoms. The standard InChI is InChI=1S/C17H23N5O/c1-17(2,3)21-16(23)14-11-20-15(12-19-14)22(4)10-7-13-5-8-18-9-6-13/h5-6,8-9,11-12H,7,10H2,1-4H3,(H,21,23). The van der Waals surface area contributed by atoms with Crippen molar-refractivity contribution in [2.45, 2.75) is 32.7 Å². The van der Waals surface area contributed by atoms with E-state index in [1.54, 1.807) is 18.6 Å². The first-order chi connectivity index (χ1) is 10.8. The van der Waals surface area contributed by atoms with Crippen molar-refractivity contribution in [3.05, 3.63) is 48.2 Å². The zero-order valence-electron chi connectivity index (χ0n) is 14.1. The molecule has 0 fully saturated rings. The fraction of sp³-hybridized carbons (Fsp3) is 0.412. The predicted molar refractivity (Wildman–Crippen MR) is 90.5 cm³/mol. The number of rotatable bonds is 5. The molecule has 122 valence electrons. The number of likely N-dealkylation sites (N-methyl/N-ethyl adjacent to an activating group) is 1. The van der Waals surface area contributed by atoms with Crippen molar-refractivity contribution in [3.8, 4) is 0 Å². The molecule has 2 aromatic rings. The topological polar surface area (TPSA) is 71.0 Å². The number of hydrogen-bond acceptors (Lipinski definition) is 5. The summed E-state index contributed by atoms with van der Waals surface area (Å²) >= 11 is 0. The minimum Gasteiger partial charge on any atom is -0.358 e. The number of nitrogens with one attached hydrogen (secondary N) is 1. The van der Waals surface area contributed by atoms with Crippen molar-refractivity contribution in [3.63, 3.8) is 0 Å². The second-order valence-corrected chi connectivity index (χ2v) is 6.49. The molecule has 2 heterocycles. The monoisotopic (exact) mass is 313 g/mol. The quantitative estimate of drug-likeness (QED) is 0.915. The van der Waals surface area contributed by atoms with Crippen LogP contribution >= 0.6 is 0 Å². The SMILES string of the molecule is CN(CCc1ccncc1)c1cnc(C(=O)NC(C)(C)C)cn1. The van der Waals surface area contributed by atoms with E-state index in [0.717, 1.165) is 18.8 Å². The van der Waals surface area contributed by atoms with Crippen LogP contribution in [0.3, 0.4) is 0 Å². The number of carbonyl (C=O) groups is 1. The number of aromatic nitrogens is 3. The Hall–Kier alpha value is -2.50. The van der Waals surface area contributed by atoms with Crippen LogP contribution in [0.2, 0.25) is 0 Å².